The molecule has 0 fully saturated rings. The molecule has 0 amide bonds. The Kier molecular flexibility index (Phi) is 3.96. The van der Waals surface area contributed by atoms with Crippen molar-refractivity contribution in [1.82, 2.24) is 4.98 Å². The topological polar surface area (TPSA) is 85.1 Å². The van der Waals surface area contributed by atoms with Crippen molar-refractivity contribution in [2.45, 2.75) is 11.6 Å². The summed E-state index contributed by atoms with van der Waals surface area (Å²) in [6, 6.07) is 5.80. The first-order valence-corrected chi connectivity index (χ1v) is 7.04. The van der Waals surface area contributed by atoms with Crippen LogP contribution in [-0.2, 0) is 16.6 Å². The number of pyridine rings is 1. The molecule has 0 saturated heterocycles. The van der Waals surface area contributed by atoms with Gasteiger partial charge in [0.15, 0.2) is 5.82 Å². The van der Waals surface area contributed by atoms with Crippen molar-refractivity contribution in [1.29, 1.82) is 0 Å². The van der Waals surface area contributed by atoms with Crippen LogP contribution in [-0.4, -0.2) is 13.4 Å². The van der Waals surface area contributed by atoms with Gasteiger partial charge in [0.25, 0.3) is 10.0 Å². The molecule has 1 aromatic heterocycles. The molecule has 8 heteroatoms. The van der Waals surface area contributed by atoms with Crippen LogP contribution < -0.4 is 10.5 Å². The molecule has 106 valence electrons. The van der Waals surface area contributed by atoms with Gasteiger partial charge < -0.3 is 5.73 Å². The molecule has 1 aromatic carbocycles. The summed E-state index contributed by atoms with van der Waals surface area (Å²) < 4.78 is 52.8. The maximum Gasteiger partial charge on any atom is 0.282 e. The number of nitrogens with zero attached hydrogens (tertiary/aromatic N) is 1. The van der Waals surface area contributed by atoms with Crippen LogP contribution in [0.4, 0.5) is 14.5 Å². The lowest BCUT2D eigenvalue weighted by molar-refractivity contribution is 0.556. The largest absolute Gasteiger partial charge is 0.326 e. The molecule has 2 aromatic rings. The van der Waals surface area contributed by atoms with Gasteiger partial charge in [0.05, 0.1) is 0 Å². The standard InChI is InChI=1S/C12H11F2N3O2S/c13-10-4-3-9(6-8(10)7-15)17-20(18,19)12-11(14)2-1-5-16-12/h1-6,17H,7,15H2. The lowest BCUT2D eigenvalue weighted by Gasteiger charge is -2.09. The predicted molar refractivity (Wildman–Crippen MR) is 69.3 cm³/mol. The van der Waals surface area contributed by atoms with Crippen LogP contribution >= 0.6 is 0 Å². The lowest BCUT2D eigenvalue weighted by Crippen LogP contribution is -2.16. The van der Waals surface area contributed by atoms with Gasteiger partial charge in [0.2, 0.25) is 5.03 Å². The van der Waals surface area contributed by atoms with Gasteiger partial charge in [0.1, 0.15) is 5.82 Å². The van der Waals surface area contributed by atoms with Crippen LogP contribution in [0.25, 0.3) is 0 Å². The van der Waals surface area contributed by atoms with Gasteiger partial charge in [-0.25, -0.2) is 13.8 Å². The van der Waals surface area contributed by atoms with E-state index in [-0.39, 0.29) is 17.8 Å². The average Bonchev–Trinajstić information content (AvgIpc) is 2.41. The van der Waals surface area contributed by atoms with E-state index in [0.29, 0.717) is 0 Å². The zero-order chi connectivity index (χ0) is 14.8. The Morgan fingerprint density at radius 1 is 1.20 bits per heavy atom. The summed E-state index contributed by atoms with van der Waals surface area (Å²) in [6.07, 6.45) is 1.16. The number of nitrogens with two attached hydrogens (primary N) is 1. The fourth-order valence-electron chi connectivity index (χ4n) is 1.57. The van der Waals surface area contributed by atoms with Crippen molar-refractivity contribution in [3.8, 4) is 0 Å². The highest BCUT2D eigenvalue weighted by atomic mass is 32.2. The van der Waals surface area contributed by atoms with Crippen molar-refractivity contribution >= 4 is 15.7 Å². The van der Waals surface area contributed by atoms with Gasteiger partial charge >= 0.3 is 0 Å². The van der Waals surface area contributed by atoms with Gasteiger partial charge in [0, 0.05) is 24.0 Å². The molecule has 5 nitrogen and oxygen atoms in total. The first-order chi connectivity index (χ1) is 9.44. The van der Waals surface area contributed by atoms with E-state index in [0.717, 1.165) is 18.3 Å². The van der Waals surface area contributed by atoms with Gasteiger partial charge in [-0.1, -0.05) is 0 Å². The van der Waals surface area contributed by atoms with Crippen molar-refractivity contribution in [2.75, 3.05) is 4.72 Å². The summed E-state index contributed by atoms with van der Waals surface area (Å²) in [5.41, 5.74) is 5.55. The first-order valence-electron chi connectivity index (χ1n) is 5.56. The molecular formula is C12H11F2N3O2S. The van der Waals surface area contributed by atoms with Gasteiger partial charge in [-0.2, -0.15) is 8.42 Å². The van der Waals surface area contributed by atoms with Crippen LogP contribution in [0.3, 0.4) is 0 Å². The number of benzene rings is 1. The maximum atomic E-state index is 13.4. The van der Waals surface area contributed by atoms with Crippen molar-refractivity contribution in [3.05, 3.63) is 53.7 Å². The normalized spacial score (nSPS) is 11.3. The smallest absolute Gasteiger partial charge is 0.282 e. The molecular weight excluding hydrogens is 288 g/mol. The van der Waals surface area contributed by atoms with Crippen LogP contribution in [0, 0.1) is 11.6 Å². The summed E-state index contributed by atoms with van der Waals surface area (Å²) in [6.45, 7) is -0.0840. The lowest BCUT2D eigenvalue weighted by atomic mass is 10.2. The second-order valence-electron chi connectivity index (χ2n) is 3.91. The number of nitrogens with one attached hydrogen (secondary N) is 1. The van der Waals surface area contributed by atoms with Crippen LogP contribution in [0.1, 0.15) is 5.56 Å². The SMILES string of the molecule is NCc1cc(NS(=O)(=O)c2ncccc2F)ccc1F. The van der Waals surface area contributed by atoms with E-state index in [1.54, 1.807) is 0 Å². The molecule has 0 aliphatic carbocycles. The highest BCUT2D eigenvalue weighted by Crippen LogP contribution is 2.19. The molecule has 20 heavy (non-hydrogen) atoms. The number of rotatable bonds is 4. The molecule has 2 rings (SSSR count). The summed E-state index contributed by atoms with van der Waals surface area (Å²) in [5, 5.41) is -0.723. The summed E-state index contributed by atoms with van der Waals surface area (Å²) in [4.78, 5) is 3.48. The second kappa shape index (κ2) is 5.51. The van der Waals surface area contributed by atoms with Gasteiger partial charge in [-0.05, 0) is 30.3 Å². The number of sulfonamides is 1. The number of aromatic nitrogens is 1. The average molecular weight is 299 g/mol. The number of hydrogen-bond acceptors (Lipinski definition) is 4. The Bertz CT molecular complexity index is 735. The third-order valence-electron chi connectivity index (χ3n) is 2.50. The Morgan fingerprint density at radius 3 is 2.60 bits per heavy atom. The van der Waals surface area contributed by atoms with E-state index < -0.39 is 26.7 Å². The zero-order valence-electron chi connectivity index (χ0n) is 10.2. The number of hydrogen-bond donors (Lipinski definition) is 2. The summed E-state index contributed by atoms with van der Waals surface area (Å²) >= 11 is 0. The first kappa shape index (κ1) is 14.4. The van der Waals surface area contributed by atoms with Crippen molar-refractivity contribution in [3.63, 3.8) is 0 Å². The van der Waals surface area contributed by atoms with E-state index in [1.165, 1.54) is 18.2 Å². The molecule has 0 saturated carbocycles. The number of halogens is 2. The summed E-state index contributed by atoms with van der Waals surface area (Å²) in [7, 11) is -4.18. The van der Waals surface area contributed by atoms with Crippen LogP contribution in [0.2, 0.25) is 0 Å². The van der Waals surface area contributed by atoms with Crippen LogP contribution in [0.5, 0.6) is 0 Å². The van der Waals surface area contributed by atoms with E-state index in [1.807, 2.05) is 0 Å². The van der Waals surface area contributed by atoms with Crippen molar-refractivity contribution in [2.24, 2.45) is 5.73 Å². The van der Waals surface area contributed by atoms with E-state index in [9.17, 15) is 17.2 Å². The summed E-state index contributed by atoms with van der Waals surface area (Å²) in [5.74, 6) is -1.51. The van der Waals surface area contributed by atoms with Gasteiger partial charge in [-0.3, -0.25) is 4.72 Å². The molecule has 0 radical (unpaired) electrons. The Morgan fingerprint density at radius 2 is 1.95 bits per heavy atom. The third kappa shape index (κ3) is 2.91. The minimum absolute atomic E-state index is 0.0805. The Hall–Kier alpha value is -2.06. The van der Waals surface area contributed by atoms with Crippen LogP contribution in [0.15, 0.2) is 41.6 Å². The maximum absolute atomic E-state index is 13.4. The molecule has 0 bridgehead atoms. The minimum Gasteiger partial charge on any atom is -0.326 e. The van der Waals surface area contributed by atoms with Gasteiger partial charge in [-0.15, -0.1) is 0 Å². The molecule has 0 spiro atoms. The molecule has 0 aliphatic rings. The van der Waals surface area contributed by atoms with E-state index >= 15 is 0 Å². The number of anilines is 1. The Labute approximate surface area is 114 Å². The third-order valence-corrected chi connectivity index (χ3v) is 3.81. The minimum atomic E-state index is -4.18. The quantitative estimate of drug-likeness (QED) is 0.898. The molecule has 0 atom stereocenters. The van der Waals surface area contributed by atoms with E-state index in [4.69, 9.17) is 5.73 Å². The van der Waals surface area contributed by atoms with Crippen molar-refractivity contribution < 1.29 is 17.2 Å². The molecule has 3 N–H and O–H groups in total. The second-order valence-corrected chi connectivity index (χ2v) is 5.50. The molecule has 0 unspecified atom stereocenters. The highest BCUT2D eigenvalue weighted by molar-refractivity contribution is 7.92. The van der Waals surface area contributed by atoms with E-state index in [2.05, 4.69) is 9.71 Å². The fourth-order valence-corrected chi connectivity index (χ4v) is 2.63. The highest BCUT2D eigenvalue weighted by Gasteiger charge is 2.20. The zero-order valence-corrected chi connectivity index (χ0v) is 11.0. The monoisotopic (exact) mass is 299 g/mol. The predicted octanol–water partition coefficient (Wildman–Crippen LogP) is 1.62. The molecule has 0 aliphatic heterocycles. The Balaban J connectivity index is 2.36. The molecule has 1 heterocycles. The fraction of sp³-hybridized carbons (Fsp3) is 0.0833.